The lowest BCUT2D eigenvalue weighted by Crippen LogP contribution is -2.32. The SMILES string of the molecule is Cc1ccc2[nH]c(=O)c(CN(Cc3cccnc3)S(=O)(=O)c3ccc(Cl)cc3)cc2c1. The van der Waals surface area contributed by atoms with Gasteiger partial charge < -0.3 is 4.98 Å². The Hall–Kier alpha value is -3.00. The molecule has 0 aliphatic carbocycles. The highest BCUT2D eigenvalue weighted by molar-refractivity contribution is 7.89. The van der Waals surface area contributed by atoms with Gasteiger partial charge in [-0.25, -0.2) is 8.42 Å². The minimum atomic E-state index is -3.90. The maximum absolute atomic E-state index is 13.4. The second-order valence-corrected chi connectivity index (χ2v) is 9.68. The van der Waals surface area contributed by atoms with Gasteiger partial charge in [0.2, 0.25) is 10.0 Å². The van der Waals surface area contributed by atoms with Crippen molar-refractivity contribution in [3.8, 4) is 0 Å². The minimum absolute atomic E-state index is 0.0735. The van der Waals surface area contributed by atoms with Crippen LogP contribution in [-0.2, 0) is 23.1 Å². The average molecular weight is 454 g/mol. The molecule has 2 aromatic carbocycles. The summed E-state index contributed by atoms with van der Waals surface area (Å²) in [4.78, 5) is 19.7. The third-order valence-corrected chi connectivity index (χ3v) is 7.01. The summed E-state index contributed by atoms with van der Waals surface area (Å²) in [5.41, 5.74) is 2.51. The van der Waals surface area contributed by atoms with Crippen molar-refractivity contribution in [2.24, 2.45) is 0 Å². The number of aromatic amines is 1. The first-order valence-corrected chi connectivity index (χ1v) is 11.4. The van der Waals surface area contributed by atoms with E-state index in [0.717, 1.165) is 10.9 Å². The van der Waals surface area contributed by atoms with Crippen LogP contribution in [0.3, 0.4) is 0 Å². The van der Waals surface area contributed by atoms with Crippen LogP contribution in [0.4, 0.5) is 0 Å². The summed E-state index contributed by atoms with van der Waals surface area (Å²) in [6.07, 6.45) is 3.23. The molecule has 2 aromatic heterocycles. The number of nitrogens with one attached hydrogen (secondary N) is 1. The zero-order chi connectivity index (χ0) is 22.0. The van der Waals surface area contributed by atoms with E-state index in [4.69, 9.17) is 11.6 Å². The number of fused-ring (bicyclic) bond motifs is 1. The van der Waals surface area contributed by atoms with Crippen LogP contribution in [0.5, 0.6) is 0 Å². The van der Waals surface area contributed by atoms with Crippen LogP contribution in [0.25, 0.3) is 10.9 Å². The lowest BCUT2D eigenvalue weighted by Gasteiger charge is -2.22. The Morgan fingerprint density at radius 2 is 1.81 bits per heavy atom. The van der Waals surface area contributed by atoms with E-state index in [1.165, 1.54) is 28.6 Å². The second kappa shape index (κ2) is 8.63. The van der Waals surface area contributed by atoms with Crippen molar-refractivity contribution in [3.63, 3.8) is 0 Å². The van der Waals surface area contributed by atoms with Gasteiger partial charge in [-0.2, -0.15) is 4.31 Å². The maximum Gasteiger partial charge on any atom is 0.252 e. The number of aromatic nitrogens is 2. The minimum Gasteiger partial charge on any atom is -0.322 e. The van der Waals surface area contributed by atoms with E-state index >= 15 is 0 Å². The second-order valence-electron chi connectivity index (χ2n) is 7.30. The van der Waals surface area contributed by atoms with Crippen molar-refractivity contribution in [3.05, 3.63) is 105 Å². The molecular weight excluding hydrogens is 434 g/mol. The fourth-order valence-electron chi connectivity index (χ4n) is 3.36. The third-order valence-electron chi connectivity index (χ3n) is 4.96. The van der Waals surface area contributed by atoms with Crippen molar-refractivity contribution in [1.82, 2.24) is 14.3 Å². The van der Waals surface area contributed by atoms with Gasteiger partial charge in [0.25, 0.3) is 5.56 Å². The molecule has 0 amide bonds. The van der Waals surface area contributed by atoms with Crippen molar-refractivity contribution in [2.45, 2.75) is 24.9 Å². The van der Waals surface area contributed by atoms with Crippen LogP contribution in [0.15, 0.2) is 82.7 Å². The van der Waals surface area contributed by atoms with Gasteiger partial charge in [0.1, 0.15) is 0 Å². The summed E-state index contributed by atoms with van der Waals surface area (Å²) in [6, 6.07) is 17.0. The Balaban J connectivity index is 1.77. The molecule has 0 spiro atoms. The van der Waals surface area contributed by atoms with Crippen LogP contribution >= 0.6 is 11.6 Å². The average Bonchev–Trinajstić information content (AvgIpc) is 2.75. The quantitative estimate of drug-likeness (QED) is 0.472. The predicted octanol–water partition coefficient (Wildman–Crippen LogP) is 4.28. The maximum atomic E-state index is 13.4. The molecular formula is C23H20ClN3O3S. The fraction of sp³-hybridized carbons (Fsp3) is 0.130. The van der Waals surface area contributed by atoms with Crippen molar-refractivity contribution >= 4 is 32.5 Å². The number of halogens is 1. The van der Waals surface area contributed by atoms with Gasteiger partial charge in [0.05, 0.1) is 4.90 Å². The van der Waals surface area contributed by atoms with Crippen molar-refractivity contribution < 1.29 is 8.42 Å². The number of benzene rings is 2. The molecule has 0 radical (unpaired) electrons. The molecule has 0 unspecified atom stereocenters. The molecule has 6 nitrogen and oxygen atoms in total. The van der Waals surface area contributed by atoms with Gasteiger partial charge in [0, 0.05) is 41.6 Å². The van der Waals surface area contributed by atoms with Gasteiger partial charge in [-0.15, -0.1) is 0 Å². The molecule has 158 valence electrons. The normalized spacial score (nSPS) is 11.8. The summed E-state index contributed by atoms with van der Waals surface area (Å²) in [5.74, 6) is 0. The zero-order valence-electron chi connectivity index (χ0n) is 16.7. The molecule has 0 aliphatic heterocycles. The number of hydrogen-bond acceptors (Lipinski definition) is 4. The number of rotatable bonds is 6. The molecule has 4 aromatic rings. The smallest absolute Gasteiger partial charge is 0.252 e. The molecule has 0 bridgehead atoms. The molecule has 0 saturated carbocycles. The highest BCUT2D eigenvalue weighted by Gasteiger charge is 2.26. The lowest BCUT2D eigenvalue weighted by molar-refractivity contribution is 0.399. The Morgan fingerprint density at radius 3 is 2.52 bits per heavy atom. The molecule has 31 heavy (non-hydrogen) atoms. The number of pyridine rings is 2. The first-order valence-electron chi connectivity index (χ1n) is 9.60. The molecule has 1 N–H and O–H groups in total. The Kier molecular flexibility index (Phi) is 5.91. The predicted molar refractivity (Wildman–Crippen MR) is 121 cm³/mol. The van der Waals surface area contributed by atoms with Crippen molar-refractivity contribution in [1.29, 1.82) is 0 Å². The van der Waals surface area contributed by atoms with Crippen LogP contribution in [0.1, 0.15) is 16.7 Å². The number of sulfonamides is 1. The van der Waals surface area contributed by atoms with Gasteiger partial charge in [-0.05, 0) is 66.4 Å². The summed E-state index contributed by atoms with van der Waals surface area (Å²) >= 11 is 5.93. The van der Waals surface area contributed by atoms with E-state index in [9.17, 15) is 13.2 Å². The van der Waals surface area contributed by atoms with Crippen LogP contribution in [0.2, 0.25) is 5.02 Å². The molecule has 0 atom stereocenters. The molecule has 0 fully saturated rings. The molecule has 2 heterocycles. The first-order chi connectivity index (χ1) is 14.8. The van der Waals surface area contributed by atoms with Gasteiger partial charge in [-0.3, -0.25) is 9.78 Å². The molecule has 0 aliphatic rings. The van der Waals surface area contributed by atoms with Crippen LogP contribution in [-0.4, -0.2) is 22.7 Å². The Morgan fingerprint density at radius 1 is 1.03 bits per heavy atom. The van der Waals surface area contributed by atoms with E-state index in [2.05, 4.69) is 9.97 Å². The highest BCUT2D eigenvalue weighted by atomic mass is 35.5. The Labute approximate surface area is 185 Å². The van der Waals surface area contributed by atoms with E-state index in [1.54, 1.807) is 30.6 Å². The van der Waals surface area contributed by atoms with E-state index < -0.39 is 10.0 Å². The summed E-state index contributed by atoms with van der Waals surface area (Å²) in [7, 11) is -3.90. The summed E-state index contributed by atoms with van der Waals surface area (Å²) < 4.78 is 28.1. The number of nitrogens with zero attached hydrogens (tertiary/aromatic N) is 2. The molecule has 8 heteroatoms. The third kappa shape index (κ3) is 4.69. The van der Waals surface area contributed by atoms with Crippen LogP contribution in [0, 0.1) is 6.92 Å². The standard InChI is InChI=1S/C23H20ClN3O3S/c1-16-4-9-22-18(11-16)12-19(23(28)26-22)15-27(14-17-3-2-10-25-13-17)31(29,30)21-7-5-20(24)6-8-21/h2-13H,14-15H2,1H3,(H,26,28). The lowest BCUT2D eigenvalue weighted by atomic mass is 10.1. The fourth-order valence-corrected chi connectivity index (χ4v) is 4.89. The summed E-state index contributed by atoms with van der Waals surface area (Å²) in [5, 5.41) is 1.29. The largest absolute Gasteiger partial charge is 0.322 e. The topological polar surface area (TPSA) is 83.1 Å². The number of hydrogen-bond donors (Lipinski definition) is 1. The molecule has 4 rings (SSSR count). The van der Waals surface area contributed by atoms with E-state index in [-0.39, 0.29) is 23.5 Å². The van der Waals surface area contributed by atoms with E-state index in [1.807, 2.05) is 25.1 Å². The summed E-state index contributed by atoms with van der Waals surface area (Å²) in [6.45, 7) is 1.95. The highest BCUT2D eigenvalue weighted by Crippen LogP contribution is 2.23. The van der Waals surface area contributed by atoms with Crippen LogP contribution < -0.4 is 5.56 Å². The first kappa shape index (κ1) is 21.2. The van der Waals surface area contributed by atoms with Gasteiger partial charge >= 0.3 is 0 Å². The zero-order valence-corrected chi connectivity index (χ0v) is 18.3. The number of aryl methyl sites for hydroxylation is 1. The van der Waals surface area contributed by atoms with Crippen molar-refractivity contribution in [2.75, 3.05) is 0 Å². The van der Waals surface area contributed by atoms with Gasteiger partial charge in [0.15, 0.2) is 0 Å². The monoisotopic (exact) mass is 453 g/mol. The number of H-pyrrole nitrogens is 1. The van der Waals surface area contributed by atoms with Gasteiger partial charge in [-0.1, -0.05) is 29.3 Å². The van der Waals surface area contributed by atoms with E-state index in [0.29, 0.717) is 21.7 Å². The Bertz CT molecular complexity index is 1390. The molecule has 0 saturated heterocycles.